The number of aliphatic hydroxyl groups excluding tert-OH is 1. The first-order chi connectivity index (χ1) is 8.63. The molecule has 1 N–H and O–H groups in total. The normalized spacial score (nSPS) is 17.9. The molecular formula is C14H18N2O2. The number of hydrogen-bond donors (Lipinski definition) is 1. The molecule has 0 bridgehead atoms. The number of nitrogens with zero attached hydrogens (tertiary/aromatic N) is 2. The van der Waals surface area contributed by atoms with Gasteiger partial charge in [0.15, 0.2) is 0 Å². The topological polar surface area (TPSA) is 47.3 Å². The molecule has 2 aromatic rings. The van der Waals surface area contributed by atoms with E-state index in [9.17, 15) is 5.11 Å². The Bertz CT molecular complexity index is 579. The molecule has 18 heavy (non-hydrogen) atoms. The molecule has 0 spiro atoms. The van der Waals surface area contributed by atoms with Crippen molar-refractivity contribution in [3.05, 3.63) is 29.6 Å². The molecule has 1 saturated heterocycles. The van der Waals surface area contributed by atoms with Crippen molar-refractivity contribution in [2.75, 3.05) is 19.8 Å². The van der Waals surface area contributed by atoms with Gasteiger partial charge in [-0.1, -0.05) is 0 Å². The van der Waals surface area contributed by atoms with Gasteiger partial charge in [-0.3, -0.25) is 0 Å². The summed E-state index contributed by atoms with van der Waals surface area (Å²) in [5, 5.41) is 9.49. The largest absolute Gasteiger partial charge is 0.396 e. The van der Waals surface area contributed by atoms with Gasteiger partial charge in [0, 0.05) is 6.54 Å². The molecule has 4 nitrogen and oxygen atoms in total. The Morgan fingerprint density at radius 3 is 2.67 bits per heavy atom. The lowest BCUT2D eigenvalue weighted by Gasteiger charge is -2.40. The number of imidazole rings is 1. The summed E-state index contributed by atoms with van der Waals surface area (Å²) in [7, 11) is 0. The van der Waals surface area contributed by atoms with E-state index >= 15 is 0 Å². The molecule has 96 valence electrons. The van der Waals surface area contributed by atoms with Crippen LogP contribution < -0.4 is 0 Å². The van der Waals surface area contributed by atoms with E-state index in [2.05, 4.69) is 35.5 Å². The lowest BCUT2D eigenvalue weighted by Crippen LogP contribution is -2.48. The first-order valence-corrected chi connectivity index (χ1v) is 6.24. The Hall–Kier alpha value is -1.39. The second-order valence-corrected chi connectivity index (χ2v) is 5.45. The smallest absolute Gasteiger partial charge is 0.0958 e. The molecule has 0 saturated carbocycles. The van der Waals surface area contributed by atoms with Crippen molar-refractivity contribution in [3.63, 3.8) is 0 Å². The van der Waals surface area contributed by atoms with E-state index in [0.717, 1.165) is 17.6 Å². The molecule has 1 aliphatic rings. The quantitative estimate of drug-likeness (QED) is 0.896. The molecule has 1 fully saturated rings. The minimum absolute atomic E-state index is 0.119. The summed E-state index contributed by atoms with van der Waals surface area (Å²) in [6.45, 7) is 6.41. The minimum Gasteiger partial charge on any atom is -0.396 e. The summed E-state index contributed by atoms with van der Waals surface area (Å²) in [5.41, 5.74) is 4.57. The molecule has 0 atom stereocenters. The Morgan fingerprint density at radius 1 is 1.33 bits per heavy atom. The first-order valence-electron chi connectivity index (χ1n) is 6.24. The molecule has 4 heteroatoms. The number of ether oxygens (including phenoxy) is 1. The number of hydrogen-bond acceptors (Lipinski definition) is 3. The van der Waals surface area contributed by atoms with Crippen molar-refractivity contribution in [1.29, 1.82) is 0 Å². The molecule has 0 aliphatic carbocycles. The maximum atomic E-state index is 9.49. The van der Waals surface area contributed by atoms with Crippen LogP contribution in [0.3, 0.4) is 0 Å². The lowest BCUT2D eigenvalue weighted by molar-refractivity contribution is -0.144. The van der Waals surface area contributed by atoms with Crippen LogP contribution in [0.1, 0.15) is 11.1 Å². The summed E-state index contributed by atoms with van der Waals surface area (Å²) < 4.78 is 7.36. The molecule has 0 unspecified atom stereocenters. The Balaban J connectivity index is 2.00. The Labute approximate surface area is 106 Å². The van der Waals surface area contributed by atoms with Gasteiger partial charge in [-0.15, -0.1) is 0 Å². The third kappa shape index (κ3) is 1.72. The third-order valence-electron chi connectivity index (χ3n) is 3.89. The lowest BCUT2D eigenvalue weighted by atomic mass is 9.87. The fourth-order valence-corrected chi connectivity index (χ4v) is 2.42. The molecule has 0 radical (unpaired) electrons. The number of aliphatic hydroxyl groups is 1. The van der Waals surface area contributed by atoms with Gasteiger partial charge in [0.05, 0.1) is 42.6 Å². The highest BCUT2D eigenvalue weighted by Gasteiger charge is 2.38. The van der Waals surface area contributed by atoms with Crippen LogP contribution in [0.2, 0.25) is 0 Å². The fourth-order valence-electron chi connectivity index (χ4n) is 2.42. The Morgan fingerprint density at radius 2 is 2.06 bits per heavy atom. The Kier molecular flexibility index (Phi) is 2.64. The monoisotopic (exact) mass is 246 g/mol. The molecule has 1 aromatic heterocycles. The van der Waals surface area contributed by atoms with Crippen molar-refractivity contribution in [2.45, 2.75) is 20.4 Å². The average molecular weight is 246 g/mol. The summed E-state index contributed by atoms with van der Waals surface area (Å²) in [6.07, 6.45) is 1.86. The van der Waals surface area contributed by atoms with Gasteiger partial charge >= 0.3 is 0 Å². The number of benzene rings is 1. The summed E-state index contributed by atoms with van der Waals surface area (Å²) in [4.78, 5) is 4.44. The van der Waals surface area contributed by atoms with Crippen LogP contribution in [0.25, 0.3) is 11.0 Å². The SMILES string of the molecule is Cc1cc2ncn(CC3(CO)COC3)c2cc1C. The van der Waals surface area contributed by atoms with E-state index in [4.69, 9.17) is 4.74 Å². The first kappa shape index (κ1) is 11.7. The number of aromatic nitrogens is 2. The number of fused-ring (bicyclic) bond motifs is 1. The maximum Gasteiger partial charge on any atom is 0.0958 e. The van der Waals surface area contributed by atoms with E-state index in [1.165, 1.54) is 11.1 Å². The van der Waals surface area contributed by atoms with Crippen LogP contribution >= 0.6 is 0 Å². The van der Waals surface area contributed by atoms with Crippen LogP contribution in [0, 0.1) is 19.3 Å². The van der Waals surface area contributed by atoms with Gasteiger partial charge in [0.25, 0.3) is 0 Å². The predicted molar refractivity (Wildman–Crippen MR) is 69.5 cm³/mol. The molecule has 0 amide bonds. The van der Waals surface area contributed by atoms with Gasteiger partial charge in [-0.25, -0.2) is 4.98 Å². The van der Waals surface area contributed by atoms with E-state index < -0.39 is 0 Å². The van der Waals surface area contributed by atoms with Crippen LogP contribution in [0.15, 0.2) is 18.5 Å². The number of aryl methyl sites for hydroxylation is 2. The molecule has 1 aromatic carbocycles. The zero-order valence-electron chi connectivity index (χ0n) is 10.8. The zero-order chi connectivity index (χ0) is 12.8. The second-order valence-electron chi connectivity index (χ2n) is 5.45. The van der Waals surface area contributed by atoms with E-state index in [1.807, 2.05) is 6.33 Å². The van der Waals surface area contributed by atoms with E-state index in [0.29, 0.717) is 13.2 Å². The maximum absolute atomic E-state index is 9.49. The third-order valence-corrected chi connectivity index (χ3v) is 3.89. The van der Waals surface area contributed by atoms with Crippen LogP contribution in [0.4, 0.5) is 0 Å². The average Bonchev–Trinajstić information content (AvgIpc) is 2.67. The van der Waals surface area contributed by atoms with Crippen molar-refractivity contribution in [2.24, 2.45) is 5.41 Å². The molecule has 1 aliphatic heterocycles. The summed E-state index contributed by atoms with van der Waals surface area (Å²) in [5.74, 6) is 0. The van der Waals surface area contributed by atoms with E-state index in [1.54, 1.807) is 0 Å². The minimum atomic E-state index is -0.119. The predicted octanol–water partition coefficient (Wildman–Crippen LogP) is 1.66. The fraction of sp³-hybridized carbons (Fsp3) is 0.500. The van der Waals surface area contributed by atoms with Crippen LogP contribution in [0.5, 0.6) is 0 Å². The molecule has 3 rings (SSSR count). The van der Waals surface area contributed by atoms with Crippen LogP contribution in [-0.4, -0.2) is 34.5 Å². The highest BCUT2D eigenvalue weighted by Crippen LogP contribution is 2.30. The van der Waals surface area contributed by atoms with Gasteiger partial charge in [0.2, 0.25) is 0 Å². The van der Waals surface area contributed by atoms with Crippen molar-refractivity contribution in [3.8, 4) is 0 Å². The number of rotatable bonds is 3. The second kappa shape index (κ2) is 4.07. The van der Waals surface area contributed by atoms with Gasteiger partial charge in [-0.2, -0.15) is 0 Å². The summed E-state index contributed by atoms with van der Waals surface area (Å²) in [6, 6.07) is 4.28. The summed E-state index contributed by atoms with van der Waals surface area (Å²) >= 11 is 0. The zero-order valence-corrected chi connectivity index (χ0v) is 10.8. The molecular weight excluding hydrogens is 228 g/mol. The highest BCUT2D eigenvalue weighted by atomic mass is 16.5. The van der Waals surface area contributed by atoms with E-state index in [-0.39, 0.29) is 12.0 Å². The van der Waals surface area contributed by atoms with Crippen LogP contribution in [-0.2, 0) is 11.3 Å². The van der Waals surface area contributed by atoms with Crippen molar-refractivity contribution < 1.29 is 9.84 Å². The molecule has 2 heterocycles. The highest BCUT2D eigenvalue weighted by molar-refractivity contribution is 5.77. The van der Waals surface area contributed by atoms with Crippen molar-refractivity contribution in [1.82, 2.24) is 9.55 Å². The van der Waals surface area contributed by atoms with Gasteiger partial charge in [-0.05, 0) is 37.1 Å². The van der Waals surface area contributed by atoms with Gasteiger partial charge in [0.1, 0.15) is 0 Å². The standard InChI is InChI=1S/C14H18N2O2/c1-10-3-12-13(4-11(10)2)16(9-15-12)5-14(6-17)7-18-8-14/h3-4,9,17H,5-8H2,1-2H3. The van der Waals surface area contributed by atoms with Crippen molar-refractivity contribution >= 4 is 11.0 Å². The van der Waals surface area contributed by atoms with Gasteiger partial charge < -0.3 is 14.4 Å².